The fraction of sp³-hybridized carbons (Fsp3) is 0.688. The van der Waals surface area contributed by atoms with Crippen LogP contribution < -0.4 is 11.3 Å². The van der Waals surface area contributed by atoms with Crippen molar-refractivity contribution < 1.29 is 67.3 Å². The lowest BCUT2D eigenvalue weighted by Crippen LogP contribution is -2.57. The van der Waals surface area contributed by atoms with Gasteiger partial charge in [-0.25, -0.2) is 14.1 Å². The maximum absolute atomic E-state index is 12.3. The van der Waals surface area contributed by atoms with Crippen LogP contribution >= 0.6 is 15.6 Å². The minimum Gasteiger partial charge on any atom is -0.388 e. The van der Waals surface area contributed by atoms with Gasteiger partial charge in [-0.1, -0.05) is 0 Å². The molecule has 38 heavy (non-hydrogen) atoms. The standard InChI is InChI=1S/C16H25N5O15P2/c1-4-7(22)9(24)11(26)15(33-4)35-38(30,31)36-37(28,29)32-2-5-8(23)10(25)14(34-5)21-3-18-6-12(21)19-16(17)20-13(6)27/h3-5,7-11,14-15,22-26H,2H2,1H3,(H,28,29)(H,30,31)(H3,17,19,20,27)/t4-,5-,7+,8+,9+,10+,11-,14-,15-/m0/s1. The van der Waals surface area contributed by atoms with E-state index in [1.54, 1.807) is 0 Å². The largest absolute Gasteiger partial charge is 0.483 e. The summed E-state index contributed by atoms with van der Waals surface area (Å²) in [7, 11) is -10.9. The Balaban J connectivity index is 1.39. The number of aromatic amines is 1. The molecule has 22 heteroatoms. The summed E-state index contributed by atoms with van der Waals surface area (Å²) in [4.78, 5) is 41.7. The van der Waals surface area contributed by atoms with E-state index in [2.05, 4.69) is 28.3 Å². The Morgan fingerprint density at radius 1 is 1.05 bits per heavy atom. The normalized spacial score (nSPS) is 37.2. The van der Waals surface area contributed by atoms with Gasteiger partial charge in [0.1, 0.15) is 36.6 Å². The zero-order valence-electron chi connectivity index (χ0n) is 19.2. The van der Waals surface area contributed by atoms with Crippen LogP contribution in [0.1, 0.15) is 13.2 Å². The molecule has 2 aliphatic heterocycles. The van der Waals surface area contributed by atoms with Crippen LogP contribution in [-0.4, -0.2) is 110 Å². The van der Waals surface area contributed by atoms with Crippen LogP contribution in [0.15, 0.2) is 11.1 Å². The number of imidazole rings is 1. The van der Waals surface area contributed by atoms with Gasteiger partial charge in [0.25, 0.3) is 5.56 Å². The van der Waals surface area contributed by atoms with Gasteiger partial charge >= 0.3 is 15.6 Å². The number of rotatable bonds is 8. The molecule has 0 aromatic carbocycles. The van der Waals surface area contributed by atoms with Gasteiger partial charge in [-0.3, -0.25) is 23.4 Å². The highest BCUT2D eigenvalue weighted by Gasteiger charge is 2.49. The van der Waals surface area contributed by atoms with E-state index >= 15 is 0 Å². The number of aliphatic hydroxyl groups is 5. The number of nitrogens with one attached hydrogen (secondary N) is 1. The van der Waals surface area contributed by atoms with Gasteiger partial charge in [0.05, 0.1) is 19.0 Å². The molecular formula is C16H25N5O15P2. The van der Waals surface area contributed by atoms with E-state index in [1.165, 1.54) is 6.92 Å². The van der Waals surface area contributed by atoms with Crippen molar-refractivity contribution in [1.29, 1.82) is 0 Å². The molecule has 0 aliphatic carbocycles. The van der Waals surface area contributed by atoms with Crippen molar-refractivity contribution in [1.82, 2.24) is 19.5 Å². The smallest absolute Gasteiger partial charge is 0.388 e. The molecule has 0 bridgehead atoms. The number of aliphatic hydroxyl groups excluding tert-OH is 5. The number of fused-ring (bicyclic) bond motifs is 1. The van der Waals surface area contributed by atoms with Crippen LogP contribution in [0, 0.1) is 0 Å². The van der Waals surface area contributed by atoms with Gasteiger partial charge in [0.15, 0.2) is 23.7 Å². The molecule has 10 N–H and O–H groups in total. The Hall–Kier alpha value is -1.87. The summed E-state index contributed by atoms with van der Waals surface area (Å²) < 4.78 is 49.3. The summed E-state index contributed by atoms with van der Waals surface area (Å²) in [5.41, 5.74) is 4.59. The summed E-state index contributed by atoms with van der Waals surface area (Å²) in [6, 6.07) is 0. The number of ether oxygens (including phenoxy) is 2. The van der Waals surface area contributed by atoms with Crippen LogP contribution in [0.25, 0.3) is 11.2 Å². The van der Waals surface area contributed by atoms with Gasteiger partial charge in [-0.15, -0.1) is 0 Å². The number of hydrogen-bond acceptors (Lipinski definition) is 16. The van der Waals surface area contributed by atoms with Crippen LogP contribution in [0.3, 0.4) is 0 Å². The Kier molecular flexibility index (Phi) is 8.12. The van der Waals surface area contributed by atoms with Crippen molar-refractivity contribution in [2.45, 2.75) is 62.2 Å². The molecule has 0 amide bonds. The summed E-state index contributed by atoms with van der Waals surface area (Å²) in [5.74, 6) is -0.266. The SMILES string of the molecule is C[C@@H]1O[C@@H](OP(=O)(O)OP(=O)(O)OC[C@@H]2O[C@H](n3cnc4c(=O)[nH]c(N)nc43)[C@H](O)[C@@H]2O)[C@@H](O)[C@H](O)[C@@H]1O. The first-order valence-electron chi connectivity index (χ1n) is 10.7. The van der Waals surface area contributed by atoms with Crippen LogP contribution in [0.2, 0.25) is 0 Å². The summed E-state index contributed by atoms with van der Waals surface area (Å²) in [6.45, 7) is 0.291. The van der Waals surface area contributed by atoms with Gasteiger partial charge in [0.2, 0.25) is 5.95 Å². The van der Waals surface area contributed by atoms with Crippen molar-refractivity contribution in [3.05, 3.63) is 16.7 Å². The van der Waals surface area contributed by atoms with E-state index in [4.69, 9.17) is 15.2 Å². The second kappa shape index (κ2) is 10.6. The average Bonchev–Trinajstić information content (AvgIpc) is 3.35. The van der Waals surface area contributed by atoms with Gasteiger partial charge < -0.3 is 50.5 Å². The number of anilines is 1. The number of aromatic nitrogens is 4. The maximum Gasteiger partial charge on any atom is 0.483 e. The molecule has 0 saturated carbocycles. The van der Waals surface area contributed by atoms with Gasteiger partial charge in [-0.05, 0) is 6.92 Å². The first-order chi connectivity index (χ1) is 17.6. The number of H-pyrrole nitrogens is 1. The Morgan fingerprint density at radius 2 is 1.74 bits per heavy atom. The topological polar surface area (TPSA) is 311 Å². The average molecular weight is 589 g/mol. The number of nitrogens with zero attached hydrogens (tertiary/aromatic N) is 3. The zero-order chi connectivity index (χ0) is 28.2. The highest BCUT2D eigenvalue weighted by Crippen LogP contribution is 2.61. The molecule has 4 heterocycles. The molecule has 214 valence electrons. The number of nitrogen functional groups attached to an aromatic ring is 1. The van der Waals surface area contributed by atoms with E-state index in [9.17, 15) is 49.2 Å². The molecule has 2 aromatic heterocycles. The second-order valence-electron chi connectivity index (χ2n) is 8.42. The molecule has 11 atom stereocenters. The van der Waals surface area contributed by atoms with Gasteiger partial charge in [0, 0.05) is 0 Å². The lowest BCUT2D eigenvalue weighted by molar-refractivity contribution is -0.271. The molecule has 2 saturated heterocycles. The van der Waals surface area contributed by atoms with Crippen molar-refractivity contribution in [2.24, 2.45) is 0 Å². The molecule has 2 fully saturated rings. The fourth-order valence-corrected chi connectivity index (χ4v) is 5.96. The predicted octanol–water partition coefficient (Wildman–Crippen LogP) is -3.60. The second-order valence-corrected chi connectivity index (χ2v) is 11.4. The molecule has 2 aliphatic rings. The highest BCUT2D eigenvalue weighted by molar-refractivity contribution is 7.61. The third-order valence-corrected chi connectivity index (χ3v) is 8.32. The van der Waals surface area contributed by atoms with E-state index in [0.29, 0.717) is 0 Å². The minimum absolute atomic E-state index is 0.0994. The first kappa shape index (κ1) is 29.1. The van der Waals surface area contributed by atoms with Crippen molar-refractivity contribution in [3.8, 4) is 0 Å². The quantitative estimate of drug-likeness (QED) is 0.134. The van der Waals surface area contributed by atoms with Crippen LogP contribution in [0.5, 0.6) is 0 Å². The van der Waals surface area contributed by atoms with E-state index in [1.807, 2.05) is 0 Å². The zero-order valence-corrected chi connectivity index (χ0v) is 21.0. The highest BCUT2D eigenvalue weighted by atomic mass is 31.3. The third kappa shape index (κ3) is 5.83. The molecule has 0 spiro atoms. The van der Waals surface area contributed by atoms with E-state index in [-0.39, 0.29) is 17.1 Å². The van der Waals surface area contributed by atoms with Crippen molar-refractivity contribution in [3.63, 3.8) is 0 Å². The summed E-state index contributed by atoms with van der Waals surface area (Å²) in [6.07, 6.45) is -13.8. The van der Waals surface area contributed by atoms with Gasteiger partial charge in [-0.2, -0.15) is 9.29 Å². The number of hydrogen-bond donors (Lipinski definition) is 9. The van der Waals surface area contributed by atoms with Crippen LogP contribution in [-0.2, 0) is 32.0 Å². The lowest BCUT2D eigenvalue weighted by atomic mass is 10.0. The number of nitrogens with two attached hydrogens (primary N) is 1. The van der Waals surface area contributed by atoms with Crippen molar-refractivity contribution in [2.75, 3.05) is 12.3 Å². The van der Waals surface area contributed by atoms with Crippen LogP contribution in [0.4, 0.5) is 5.95 Å². The monoisotopic (exact) mass is 589 g/mol. The van der Waals surface area contributed by atoms with Crippen molar-refractivity contribution >= 4 is 32.8 Å². The Bertz CT molecular complexity index is 1320. The molecule has 2 aromatic rings. The number of phosphoric acid groups is 2. The maximum atomic E-state index is 12.3. The summed E-state index contributed by atoms with van der Waals surface area (Å²) >= 11 is 0. The van der Waals surface area contributed by atoms with E-state index in [0.717, 1.165) is 10.9 Å². The third-order valence-electron chi connectivity index (χ3n) is 5.72. The first-order valence-corrected chi connectivity index (χ1v) is 13.7. The predicted molar refractivity (Wildman–Crippen MR) is 119 cm³/mol. The molecular weight excluding hydrogens is 564 g/mol. The number of phosphoric ester groups is 2. The Labute approximate surface area is 211 Å². The lowest BCUT2D eigenvalue weighted by Gasteiger charge is -2.38. The molecule has 2 unspecified atom stereocenters. The Morgan fingerprint density at radius 3 is 2.42 bits per heavy atom. The fourth-order valence-electron chi connectivity index (χ4n) is 3.80. The summed E-state index contributed by atoms with van der Waals surface area (Å²) in [5, 5.41) is 50.0. The molecule has 20 nitrogen and oxygen atoms in total. The molecule has 0 radical (unpaired) electrons. The van der Waals surface area contributed by atoms with E-state index < -0.39 is 83.1 Å². The minimum atomic E-state index is -5.50. The molecule has 4 rings (SSSR count).